The summed E-state index contributed by atoms with van der Waals surface area (Å²) in [6.45, 7) is 6.39. The Balaban J connectivity index is 1.49. The molecule has 0 radical (unpaired) electrons. The van der Waals surface area contributed by atoms with Gasteiger partial charge in [-0.3, -0.25) is 14.2 Å². The second-order valence-corrected chi connectivity index (χ2v) is 10.0. The van der Waals surface area contributed by atoms with Gasteiger partial charge < -0.3 is 11.1 Å². The number of nitrogens with zero attached hydrogens (tertiary/aromatic N) is 3. The highest BCUT2D eigenvalue weighted by atomic mass is 32.2. The normalized spacial score (nSPS) is 15.2. The van der Waals surface area contributed by atoms with Crippen LogP contribution in [0.5, 0.6) is 0 Å². The molecule has 1 aliphatic rings. The maximum absolute atomic E-state index is 13.3. The van der Waals surface area contributed by atoms with Crippen LogP contribution in [0.15, 0.2) is 42.1 Å². The molecule has 1 unspecified atom stereocenters. The number of anilines is 1. The average Bonchev–Trinajstić information content (AvgIpc) is 3.33. The summed E-state index contributed by atoms with van der Waals surface area (Å²) < 4.78 is 15.1. The van der Waals surface area contributed by atoms with E-state index in [1.807, 2.05) is 4.57 Å². The first-order valence-corrected chi connectivity index (χ1v) is 12.3. The first kappa shape index (κ1) is 23.2. The van der Waals surface area contributed by atoms with Crippen LogP contribution in [0.3, 0.4) is 0 Å². The molecule has 3 aromatic rings. The molecule has 0 aliphatic heterocycles. The molecule has 0 saturated heterocycles. The van der Waals surface area contributed by atoms with Crippen molar-refractivity contribution in [1.82, 2.24) is 14.8 Å². The van der Waals surface area contributed by atoms with E-state index in [0.717, 1.165) is 29.7 Å². The molecule has 1 atom stereocenters. The molecule has 2 heterocycles. The lowest BCUT2D eigenvalue weighted by Gasteiger charge is -2.18. The summed E-state index contributed by atoms with van der Waals surface area (Å²) in [6, 6.07) is 5.98. The zero-order valence-electron chi connectivity index (χ0n) is 18.1. The smallest absolute Gasteiger partial charge is 0.251 e. The number of fused-ring (bicyclic) bond motifs is 1. The maximum Gasteiger partial charge on any atom is 0.251 e. The van der Waals surface area contributed by atoms with E-state index in [2.05, 4.69) is 29.0 Å². The maximum atomic E-state index is 13.3. The minimum atomic E-state index is -0.514. The minimum absolute atomic E-state index is 0.0792. The lowest BCUT2D eigenvalue weighted by atomic mass is 9.88. The highest BCUT2D eigenvalue weighted by Gasteiger charge is 2.27. The Hall–Kier alpha value is -2.98. The van der Waals surface area contributed by atoms with Crippen molar-refractivity contribution in [3.8, 4) is 11.4 Å². The number of halogens is 1. The van der Waals surface area contributed by atoms with Gasteiger partial charge in [0.2, 0.25) is 5.91 Å². The topological polar surface area (TPSA) is 103 Å². The number of amides is 2. The summed E-state index contributed by atoms with van der Waals surface area (Å²) >= 11 is 2.67. The highest BCUT2D eigenvalue weighted by molar-refractivity contribution is 7.99. The van der Waals surface area contributed by atoms with Gasteiger partial charge >= 0.3 is 0 Å². The summed E-state index contributed by atoms with van der Waals surface area (Å²) in [4.78, 5) is 25.9. The zero-order valence-corrected chi connectivity index (χ0v) is 19.8. The van der Waals surface area contributed by atoms with Gasteiger partial charge in [-0.15, -0.1) is 28.1 Å². The van der Waals surface area contributed by atoms with Crippen LogP contribution in [0.25, 0.3) is 11.4 Å². The molecular weight excluding hydrogens is 461 g/mol. The zero-order chi connectivity index (χ0) is 23.5. The molecule has 0 fully saturated rings. The first-order chi connectivity index (χ1) is 15.9. The van der Waals surface area contributed by atoms with Gasteiger partial charge in [-0.2, -0.15) is 0 Å². The number of carbonyl (C=O) groups excluding carboxylic acids is 2. The molecule has 2 aromatic heterocycles. The van der Waals surface area contributed by atoms with Gasteiger partial charge in [0.25, 0.3) is 5.91 Å². The van der Waals surface area contributed by atoms with Crippen LogP contribution in [0.1, 0.15) is 34.1 Å². The van der Waals surface area contributed by atoms with Crippen LogP contribution in [0, 0.1) is 11.7 Å². The number of nitrogens with one attached hydrogen (secondary N) is 1. The monoisotopic (exact) mass is 485 g/mol. The second kappa shape index (κ2) is 9.88. The number of hydrogen-bond acceptors (Lipinski definition) is 6. The average molecular weight is 486 g/mol. The summed E-state index contributed by atoms with van der Waals surface area (Å²) in [5.41, 5.74) is 7.76. The van der Waals surface area contributed by atoms with Crippen LogP contribution in [0.4, 0.5) is 9.39 Å². The molecule has 4 rings (SSSR count). The number of thiophene rings is 1. The van der Waals surface area contributed by atoms with E-state index in [1.54, 1.807) is 18.2 Å². The molecule has 2 amide bonds. The van der Waals surface area contributed by atoms with Crippen molar-refractivity contribution in [3.63, 3.8) is 0 Å². The van der Waals surface area contributed by atoms with Crippen molar-refractivity contribution in [2.24, 2.45) is 11.7 Å². The van der Waals surface area contributed by atoms with Crippen molar-refractivity contribution in [2.75, 3.05) is 11.1 Å². The Kier molecular flexibility index (Phi) is 6.94. The quantitative estimate of drug-likeness (QED) is 0.366. The Morgan fingerprint density at radius 1 is 1.36 bits per heavy atom. The predicted octanol–water partition coefficient (Wildman–Crippen LogP) is 4.29. The van der Waals surface area contributed by atoms with Crippen LogP contribution < -0.4 is 11.1 Å². The fourth-order valence-corrected chi connectivity index (χ4v) is 6.07. The fourth-order valence-electron chi connectivity index (χ4n) is 3.89. The lowest BCUT2D eigenvalue weighted by molar-refractivity contribution is -0.113. The molecular formula is C23H24FN5O2S2. The summed E-state index contributed by atoms with van der Waals surface area (Å²) in [5, 5.41) is 12.3. The van der Waals surface area contributed by atoms with Crippen LogP contribution in [-0.2, 0) is 24.2 Å². The fraction of sp³-hybridized carbons (Fsp3) is 0.304. The van der Waals surface area contributed by atoms with E-state index in [1.165, 1.54) is 35.2 Å². The van der Waals surface area contributed by atoms with E-state index in [9.17, 15) is 14.0 Å². The molecule has 1 aliphatic carbocycles. The number of rotatable bonds is 8. The number of hydrogen-bond donors (Lipinski definition) is 2. The van der Waals surface area contributed by atoms with Gasteiger partial charge in [0.05, 0.1) is 11.3 Å². The molecule has 172 valence electrons. The van der Waals surface area contributed by atoms with Crippen LogP contribution >= 0.6 is 23.1 Å². The van der Waals surface area contributed by atoms with Crippen LogP contribution in [0.2, 0.25) is 0 Å². The summed E-state index contributed by atoms with van der Waals surface area (Å²) in [6.07, 6.45) is 4.40. The molecule has 10 heteroatoms. The number of nitrogens with two attached hydrogens (primary N) is 1. The summed E-state index contributed by atoms with van der Waals surface area (Å²) in [5.74, 6) is 0.0807. The van der Waals surface area contributed by atoms with Gasteiger partial charge in [-0.05, 0) is 55.0 Å². The number of carbonyl (C=O) groups is 2. The van der Waals surface area contributed by atoms with Gasteiger partial charge in [0, 0.05) is 17.0 Å². The number of allylic oxidation sites excluding steroid dienone is 1. The minimum Gasteiger partial charge on any atom is -0.365 e. The number of benzene rings is 1. The third kappa shape index (κ3) is 5.01. The Morgan fingerprint density at radius 2 is 2.12 bits per heavy atom. The molecule has 3 N–H and O–H groups in total. The number of thioether (sulfide) groups is 1. The van der Waals surface area contributed by atoms with Crippen molar-refractivity contribution in [2.45, 2.75) is 37.9 Å². The summed E-state index contributed by atoms with van der Waals surface area (Å²) in [7, 11) is 0. The van der Waals surface area contributed by atoms with Gasteiger partial charge in [-0.1, -0.05) is 24.8 Å². The number of aromatic nitrogens is 3. The predicted molar refractivity (Wildman–Crippen MR) is 129 cm³/mol. The van der Waals surface area contributed by atoms with E-state index in [4.69, 9.17) is 5.73 Å². The van der Waals surface area contributed by atoms with Crippen molar-refractivity contribution in [1.29, 1.82) is 0 Å². The molecule has 7 nitrogen and oxygen atoms in total. The molecule has 33 heavy (non-hydrogen) atoms. The second-order valence-electron chi connectivity index (χ2n) is 7.97. The Morgan fingerprint density at radius 3 is 2.82 bits per heavy atom. The molecule has 0 bridgehead atoms. The lowest BCUT2D eigenvalue weighted by Crippen LogP contribution is -2.20. The van der Waals surface area contributed by atoms with Gasteiger partial charge in [0.15, 0.2) is 11.0 Å². The third-order valence-electron chi connectivity index (χ3n) is 5.47. The first-order valence-electron chi connectivity index (χ1n) is 10.5. The van der Waals surface area contributed by atoms with E-state index < -0.39 is 5.91 Å². The highest BCUT2D eigenvalue weighted by Crippen LogP contribution is 2.39. The van der Waals surface area contributed by atoms with E-state index in [0.29, 0.717) is 39.6 Å². The van der Waals surface area contributed by atoms with Gasteiger partial charge in [0.1, 0.15) is 10.8 Å². The van der Waals surface area contributed by atoms with Crippen molar-refractivity contribution in [3.05, 3.63) is 58.7 Å². The third-order valence-corrected chi connectivity index (χ3v) is 7.61. The van der Waals surface area contributed by atoms with Crippen molar-refractivity contribution >= 4 is 39.9 Å². The Labute approximate surface area is 199 Å². The van der Waals surface area contributed by atoms with Crippen LogP contribution in [-0.4, -0.2) is 32.3 Å². The molecule has 0 saturated carbocycles. The molecule has 0 spiro atoms. The van der Waals surface area contributed by atoms with Gasteiger partial charge in [-0.25, -0.2) is 4.39 Å². The SMILES string of the molecule is C=CCn1c(SCC(=O)Nc2sc3c(c2C(N)=O)CCC(C)C3)nnc1-c1ccc(F)cc1. The van der Waals surface area contributed by atoms with E-state index in [-0.39, 0.29) is 17.5 Å². The standard InChI is InChI=1S/C23H24FN5O2S2/c1-3-10-29-21(14-5-7-15(24)8-6-14)27-28-23(29)32-12-18(30)26-22-19(20(25)31)16-9-4-13(2)11-17(16)33-22/h3,5-8,13H,1,4,9-12H2,2H3,(H2,25,31)(H,26,30). The number of primary amides is 1. The largest absolute Gasteiger partial charge is 0.365 e. The Bertz CT molecular complexity index is 1200. The van der Waals surface area contributed by atoms with E-state index >= 15 is 0 Å². The molecule has 1 aromatic carbocycles. The van der Waals surface area contributed by atoms with Crippen molar-refractivity contribution < 1.29 is 14.0 Å².